The van der Waals surface area contributed by atoms with E-state index in [0.29, 0.717) is 0 Å². The van der Waals surface area contributed by atoms with Gasteiger partial charge in [-0.15, -0.1) is 0 Å². The lowest BCUT2D eigenvalue weighted by atomic mass is 9.90. The molecule has 1 aromatic heterocycles. The van der Waals surface area contributed by atoms with Crippen molar-refractivity contribution in [3.8, 4) is 66.8 Å². The fraction of sp³-hybridized carbons (Fsp3) is 0. The summed E-state index contributed by atoms with van der Waals surface area (Å²) in [6.07, 6.45) is 3.61. The molecule has 0 atom stereocenters. The van der Waals surface area contributed by atoms with E-state index in [-0.39, 0.29) is 0 Å². The first-order valence-electron chi connectivity index (χ1n) is 24.0. The molecule has 0 aliphatic heterocycles. The molecule has 2 nitrogen and oxygen atoms in total. The number of aromatic nitrogens is 2. The monoisotopic (exact) mass is 886 g/mol. The van der Waals surface area contributed by atoms with Crippen LogP contribution in [-0.2, 0) is 0 Å². The van der Waals surface area contributed by atoms with E-state index in [4.69, 9.17) is 9.97 Å². The van der Waals surface area contributed by atoms with E-state index in [0.717, 1.165) is 54.8 Å². The van der Waals surface area contributed by atoms with Crippen LogP contribution in [0.25, 0.3) is 142 Å². The summed E-state index contributed by atoms with van der Waals surface area (Å²) in [5.41, 5.74) is 16.1. The molecule has 13 aromatic carbocycles. The Morgan fingerprint density at radius 3 is 0.957 bits per heavy atom. The first-order chi connectivity index (χ1) is 34.7. The normalized spacial score (nSPS) is 11.7. The molecule has 0 amide bonds. The van der Waals surface area contributed by atoms with Crippen LogP contribution in [0.4, 0.5) is 0 Å². The van der Waals surface area contributed by atoms with Gasteiger partial charge in [-0.05, 0) is 157 Å². The summed E-state index contributed by atoms with van der Waals surface area (Å²) in [6.45, 7) is 0. The van der Waals surface area contributed by atoms with Crippen LogP contribution in [0.5, 0.6) is 0 Å². The first-order valence-corrected chi connectivity index (χ1v) is 24.0. The molecule has 0 saturated heterocycles. The van der Waals surface area contributed by atoms with Gasteiger partial charge >= 0.3 is 0 Å². The summed E-state index contributed by atoms with van der Waals surface area (Å²) in [6, 6.07) is 89.2. The van der Waals surface area contributed by atoms with Crippen LogP contribution in [0.15, 0.2) is 255 Å². The van der Waals surface area contributed by atoms with Gasteiger partial charge in [0.15, 0.2) is 0 Å². The molecule has 0 aliphatic rings. The van der Waals surface area contributed by atoms with E-state index >= 15 is 0 Å². The Morgan fingerprint density at radius 1 is 0.200 bits per heavy atom. The Hall–Kier alpha value is -9.24. The molecule has 0 saturated carbocycles. The fourth-order valence-corrected chi connectivity index (χ4v) is 11.1. The highest BCUT2D eigenvalue weighted by Crippen LogP contribution is 2.41. The van der Waals surface area contributed by atoms with Crippen LogP contribution in [-0.4, -0.2) is 9.97 Å². The van der Waals surface area contributed by atoms with Crippen LogP contribution >= 0.6 is 0 Å². The number of fused-ring (bicyclic) bond motifs is 12. The molecule has 0 fully saturated rings. The van der Waals surface area contributed by atoms with Crippen molar-refractivity contribution in [2.24, 2.45) is 0 Å². The molecule has 324 valence electrons. The number of hydrogen-bond donors (Lipinski definition) is 0. The van der Waals surface area contributed by atoms with Crippen molar-refractivity contribution in [3.05, 3.63) is 255 Å². The standard InChI is InChI=1S/C68H42N2/c1-3-23-57-43(11-1)27-29-45-13-9-25-59(65(45)57)55-21-7-19-51(39-55)47-15-5-17-49(37-47)53-31-33-61-63(41-53)64-42-54(32-34-62(64)68-67(61)69-35-36-70-68)50-18-6-16-48(38-50)52-20-8-22-56(40-52)60-26-10-14-46-30-28-44-12-2-4-24-58(44)66(46)60/h1-42H. The zero-order valence-electron chi connectivity index (χ0n) is 38.1. The van der Waals surface area contributed by atoms with Crippen molar-refractivity contribution < 1.29 is 0 Å². The van der Waals surface area contributed by atoms with E-state index in [1.54, 1.807) is 12.4 Å². The minimum absolute atomic E-state index is 0.914. The van der Waals surface area contributed by atoms with Gasteiger partial charge in [0.1, 0.15) is 0 Å². The number of benzene rings is 13. The molecule has 0 N–H and O–H groups in total. The Morgan fingerprint density at radius 2 is 0.529 bits per heavy atom. The van der Waals surface area contributed by atoms with Crippen molar-refractivity contribution >= 4 is 75.7 Å². The largest absolute Gasteiger partial charge is 0.252 e. The van der Waals surface area contributed by atoms with Crippen LogP contribution in [0.3, 0.4) is 0 Å². The lowest BCUT2D eigenvalue weighted by Gasteiger charge is -2.14. The van der Waals surface area contributed by atoms with Gasteiger partial charge in [0.25, 0.3) is 0 Å². The topological polar surface area (TPSA) is 25.8 Å². The third-order valence-electron chi connectivity index (χ3n) is 14.5. The molecule has 0 bridgehead atoms. The van der Waals surface area contributed by atoms with Gasteiger partial charge in [-0.25, -0.2) is 0 Å². The summed E-state index contributed by atoms with van der Waals surface area (Å²) in [4.78, 5) is 9.82. The van der Waals surface area contributed by atoms with Gasteiger partial charge < -0.3 is 0 Å². The maximum absolute atomic E-state index is 4.91. The Bertz CT molecular complexity index is 4150. The van der Waals surface area contributed by atoms with Gasteiger partial charge in [0, 0.05) is 23.2 Å². The average molecular weight is 887 g/mol. The lowest BCUT2D eigenvalue weighted by molar-refractivity contribution is 1.31. The summed E-state index contributed by atoms with van der Waals surface area (Å²) in [7, 11) is 0. The minimum Gasteiger partial charge on any atom is -0.252 e. The highest BCUT2D eigenvalue weighted by molar-refractivity contribution is 6.24. The number of hydrogen-bond acceptors (Lipinski definition) is 2. The molecule has 70 heavy (non-hydrogen) atoms. The lowest BCUT2D eigenvalue weighted by Crippen LogP contribution is -1.90. The quantitative estimate of drug-likeness (QED) is 0.156. The maximum atomic E-state index is 4.91. The van der Waals surface area contributed by atoms with E-state index in [9.17, 15) is 0 Å². The molecule has 14 aromatic rings. The molecular formula is C68H42N2. The van der Waals surface area contributed by atoms with Crippen molar-refractivity contribution in [3.63, 3.8) is 0 Å². The molecule has 1 heterocycles. The van der Waals surface area contributed by atoms with Crippen molar-refractivity contribution in [2.75, 3.05) is 0 Å². The smallest absolute Gasteiger partial charge is 0.0971 e. The number of rotatable bonds is 6. The molecule has 0 radical (unpaired) electrons. The molecule has 14 rings (SSSR count). The van der Waals surface area contributed by atoms with Crippen molar-refractivity contribution in [2.45, 2.75) is 0 Å². The zero-order chi connectivity index (χ0) is 46.1. The zero-order valence-corrected chi connectivity index (χ0v) is 38.1. The van der Waals surface area contributed by atoms with Crippen LogP contribution in [0.2, 0.25) is 0 Å². The Kier molecular flexibility index (Phi) is 9.25. The summed E-state index contributed by atoms with van der Waals surface area (Å²) in [5, 5.41) is 14.6. The number of nitrogens with zero attached hydrogens (tertiary/aromatic N) is 2. The molecular weight excluding hydrogens is 845 g/mol. The van der Waals surface area contributed by atoms with E-state index in [1.165, 1.54) is 87.6 Å². The van der Waals surface area contributed by atoms with Crippen LogP contribution in [0.1, 0.15) is 0 Å². The van der Waals surface area contributed by atoms with Gasteiger partial charge in [0.05, 0.1) is 11.0 Å². The highest BCUT2D eigenvalue weighted by atomic mass is 14.8. The molecule has 0 unspecified atom stereocenters. The van der Waals surface area contributed by atoms with E-state index in [1.807, 2.05) is 0 Å². The van der Waals surface area contributed by atoms with Gasteiger partial charge in [-0.3, -0.25) is 9.97 Å². The molecule has 0 spiro atoms. The predicted octanol–water partition coefficient (Wildman–Crippen LogP) is 18.6. The van der Waals surface area contributed by atoms with Crippen molar-refractivity contribution in [1.29, 1.82) is 0 Å². The SMILES string of the molecule is c1cc(-c2cccc(-c3cccc4ccc5ccccc5c34)c2)cc(-c2ccc3c(c2)c2cc(-c4cccc(-c5cccc(-c6cccc7ccc8ccccc8c67)c5)c4)ccc2c2nccnc32)c1. The highest BCUT2D eigenvalue weighted by Gasteiger charge is 2.16. The minimum atomic E-state index is 0.914. The van der Waals surface area contributed by atoms with Crippen LogP contribution in [0, 0.1) is 0 Å². The predicted molar refractivity (Wildman–Crippen MR) is 297 cm³/mol. The summed E-state index contributed by atoms with van der Waals surface area (Å²) < 4.78 is 0. The van der Waals surface area contributed by atoms with Crippen molar-refractivity contribution in [1.82, 2.24) is 9.97 Å². The van der Waals surface area contributed by atoms with Gasteiger partial charge in [0.2, 0.25) is 0 Å². The summed E-state index contributed by atoms with van der Waals surface area (Å²) >= 11 is 0. The van der Waals surface area contributed by atoms with Crippen LogP contribution < -0.4 is 0 Å². The maximum Gasteiger partial charge on any atom is 0.0971 e. The molecule has 2 heteroatoms. The Labute approximate surface area is 405 Å². The average Bonchev–Trinajstić information content (AvgIpc) is 3.44. The first kappa shape index (κ1) is 39.9. The second-order valence-corrected chi connectivity index (χ2v) is 18.5. The fourth-order valence-electron chi connectivity index (χ4n) is 11.1. The van der Waals surface area contributed by atoms with Gasteiger partial charge in [-0.1, -0.05) is 206 Å². The third kappa shape index (κ3) is 6.64. The molecule has 0 aliphatic carbocycles. The van der Waals surface area contributed by atoms with Gasteiger partial charge in [-0.2, -0.15) is 0 Å². The second kappa shape index (κ2) is 16.2. The Balaban J connectivity index is 0.852. The third-order valence-corrected chi connectivity index (χ3v) is 14.5. The summed E-state index contributed by atoms with van der Waals surface area (Å²) in [5.74, 6) is 0. The van der Waals surface area contributed by atoms with E-state index in [2.05, 4.69) is 243 Å². The van der Waals surface area contributed by atoms with E-state index < -0.39 is 0 Å². The second-order valence-electron chi connectivity index (χ2n) is 18.5.